The van der Waals surface area contributed by atoms with Crippen LogP contribution in [0, 0.1) is 0 Å². The van der Waals surface area contributed by atoms with E-state index in [1.807, 2.05) is 0 Å². The second-order valence-electron chi connectivity index (χ2n) is 37.1. The Morgan fingerprint density at radius 1 is 0.110 bits per heavy atom. The van der Waals surface area contributed by atoms with Crippen LogP contribution >= 0.6 is 0 Å². The van der Waals surface area contributed by atoms with Crippen LogP contribution in [0.4, 0.5) is 51.2 Å². The van der Waals surface area contributed by atoms with Crippen LogP contribution in [0.15, 0.2) is 564 Å². The van der Waals surface area contributed by atoms with E-state index < -0.39 is 0 Å². The molecule has 6 aromatic heterocycles. The lowest BCUT2D eigenvalue weighted by Crippen LogP contribution is -2.10. The molecule has 0 aliphatic rings. The van der Waals surface area contributed by atoms with Gasteiger partial charge in [-0.15, -0.1) is 0 Å². The molecule has 6 heterocycles. The van der Waals surface area contributed by atoms with Gasteiger partial charge in [0, 0.05) is 150 Å². The summed E-state index contributed by atoms with van der Waals surface area (Å²) in [7, 11) is 0. The summed E-state index contributed by atoms with van der Waals surface area (Å²) in [5.74, 6) is 0. The summed E-state index contributed by atoms with van der Waals surface area (Å²) in [6.45, 7) is 0. The Balaban J connectivity index is 0.000000108. The third-order valence-electron chi connectivity index (χ3n) is 28.8. The molecule has 0 bridgehead atoms. The zero-order valence-electron chi connectivity index (χ0n) is 79.2. The van der Waals surface area contributed by atoms with E-state index in [2.05, 4.69) is 606 Å². The monoisotopic (exact) mass is 1850 g/mol. The van der Waals surface area contributed by atoms with Gasteiger partial charge in [-0.3, -0.25) is 0 Å². The van der Waals surface area contributed by atoms with Crippen LogP contribution in [0.25, 0.3) is 187 Å². The highest BCUT2D eigenvalue weighted by molar-refractivity contribution is 6.26. The first kappa shape index (κ1) is 84.8. The van der Waals surface area contributed by atoms with Gasteiger partial charge in [-0.2, -0.15) is 0 Å². The van der Waals surface area contributed by atoms with Crippen molar-refractivity contribution in [3.05, 3.63) is 564 Å². The normalized spacial score (nSPS) is 11.6. The smallest absolute Gasteiger partial charge is 0.0562 e. The number of hydrogen-bond donors (Lipinski definition) is 0. The molecule has 29 aromatic rings. The van der Waals surface area contributed by atoms with Crippen molar-refractivity contribution in [1.29, 1.82) is 0 Å². The van der Waals surface area contributed by atoms with Crippen molar-refractivity contribution < 1.29 is 0 Å². The van der Waals surface area contributed by atoms with E-state index in [0.717, 1.165) is 85.3 Å². The highest BCUT2D eigenvalue weighted by atomic mass is 15.2. The molecule has 23 aromatic carbocycles. The lowest BCUT2D eigenvalue weighted by Gasteiger charge is -2.26. The minimum Gasteiger partial charge on any atom is -0.311 e. The fraction of sp³-hybridized carbons (Fsp3) is 0. The largest absolute Gasteiger partial charge is 0.311 e. The Morgan fingerprint density at radius 3 is 0.600 bits per heavy atom. The SMILES string of the molecule is c1ccc(-c2ccc(N(c3ccccc3)c3ccc(-n4c5ccccc5c5cc6c7ccccc7n(-c7ccccc7)c6cc54)cc3)cc2)cc1.c1ccc(N(c2ccccc2)c2ccc(-n3c4ccccc4c4cc5c6c7ccccc7ccc6n(-c6ccccc6)c5cc43)cc2)cc1.c1ccc(N(c2ccccc2)c2ccc(-n3c4ccccc4c4cc5c6ccccc6n(-c6ccccc6)c5cc43)cc2)cc1. The predicted octanol–water partition coefficient (Wildman–Crippen LogP) is 36.9. The maximum atomic E-state index is 2.43. The van der Waals surface area contributed by atoms with Crippen LogP contribution in [0.5, 0.6) is 0 Å². The van der Waals surface area contributed by atoms with Crippen LogP contribution in [0.2, 0.25) is 0 Å². The number of nitrogens with zero attached hydrogens (tertiary/aromatic N) is 9. The van der Waals surface area contributed by atoms with Crippen molar-refractivity contribution in [2.24, 2.45) is 0 Å². The van der Waals surface area contributed by atoms with Gasteiger partial charge in [-0.25, -0.2) is 0 Å². The summed E-state index contributed by atoms with van der Waals surface area (Å²) in [5.41, 5.74) is 33.8. The van der Waals surface area contributed by atoms with Crippen molar-refractivity contribution >= 4 is 193 Å². The molecular weight excluding hydrogens is 1760 g/mol. The Kier molecular flexibility index (Phi) is 21.1. The van der Waals surface area contributed by atoms with E-state index in [4.69, 9.17) is 0 Å². The zero-order chi connectivity index (χ0) is 95.8. The van der Waals surface area contributed by atoms with Crippen molar-refractivity contribution in [3.63, 3.8) is 0 Å². The number of aromatic nitrogens is 6. The van der Waals surface area contributed by atoms with E-state index >= 15 is 0 Å². The highest BCUT2D eigenvalue weighted by Gasteiger charge is 2.27. The first-order valence-corrected chi connectivity index (χ1v) is 49.6. The van der Waals surface area contributed by atoms with Crippen LogP contribution in [-0.4, -0.2) is 27.4 Å². The lowest BCUT2D eigenvalue weighted by atomic mass is 10.0. The summed E-state index contributed by atoms with van der Waals surface area (Å²) < 4.78 is 14.5. The molecule has 0 fully saturated rings. The average molecular weight is 1850 g/mol. The zero-order valence-corrected chi connectivity index (χ0v) is 79.2. The third-order valence-corrected chi connectivity index (χ3v) is 28.8. The van der Waals surface area contributed by atoms with E-state index in [1.165, 1.54) is 153 Å². The van der Waals surface area contributed by atoms with Crippen molar-refractivity contribution in [2.75, 3.05) is 14.7 Å². The molecule has 9 heteroatoms. The third kappa shape index (κ3) is 14.8. The van der Waals surface area contributed by atoms with Gasteiger partial charge in [0.15, 0.2) is 0 Å². The molecule has 0 aliphatic heterocycles. The van der Waals surface area contributed by atoms with Crippen LogP contribution in [0.1, 0.15) is 0 Å². The molecule has 0 spiro atoms. The summed E-state index contributed by atoms with van der Waals surface area (Å²) in [6.07, 6.45) is 0. The van der Waals surface area contributed by atoms with Gasteiger partial charge in [0.25, 0.3) is 0 Å². The molecule has 145 heavy (non-hydrogen) atoms. The molecule has 682 valence electrons. The van der Waals surface area contributed by atoms with Gasteiger partial charge < -0.3 is 42.1 Å². The van der Waals surface area contributed by atoms with Crippen molar-refractivity contribution in [2.45, 2.75) is 0 Å². The summed E-state index contributed by atoms with van der Waals surface area (Å²) in [6, 6.07) is 203. The molecule has 0 saturated heterocycles. The number of fused-ring (bicyclic) bond motifs is 20. The topological polar surface area (TPSA) is 39.3 Å². The summed E-state index contributed by atoms with van der Waals surface area (Å²) >= 11 is 0. The molecule has 29 rings (SSSR count). The average Bonchev–Trinajstić information content (AvgIpc) is 1.49. The fourth-order valence-electron chi connectivity index (χ4n) is 22.4. The molecule has 0 amide bonds. The molecule has 0 radical (unpaired) electrons. The van der Waals surface area contributed by atoms with Gasteiger partial charge in [-0.1, -0.05) is 309 Å². The second-order valence-corrected chi connectivity index (χ2v) is 37.1. The minimum absolute atomic E-state index is 1.10. The highest BCUT2D eigenvalue weighted by Crippen LogP contribution is 2.48. The van der Waals surface area contributed by atoms with E-state index in [-0.39, 0.29) is 0 Å². The van der Waals surface area contributed by atoms with E-state index in [9.17, 15) is 0 Å². The number of anilines is 9. The molecular formula is C136H93N9. The predicted molar refractivity (Wildman–Crippen MR) is 612 cm³/mol. The van der Waals surface area contributed by atoms with Crippen LogP contribution in [0.3, 0.4) is 0 Å². The maximum absolute atomic E-state index is 2.43. The van der Waals surface area contributed by atoms with Gasteiger partial charge in [0.1, 0.15) is 0 Å². The van der Waals surface area contributed by atoms with E-state index in [1.54, 1.807) is 0 Å². The quantitative estimate of drug-likeness (QED) is 0.0968. The first-order valence-electron chi connectivity index (χ1n) is 49.6. The van der Waals surface area contributed by atoms with Crippen molar-refractivity contribution in [1.82, 2.24) is 27.4 Å². The second kappa shape index (κ2) is 36.1. The van der Waals surface area contributed by atoms with Gasteiger partial charge in [0.05, 0.1) is 66.2 Å². The Hall–Kier alpha value is -19.5. The number of benzene rings is 23. The van der Waals surface area contributed by atoms with Gasteiger partial charge in [0.2, 0.25) is 0 Å². The fourth-order valence-corrected chi connectivity index (χ4v) is 22.4. The number of hydrogen-bond acceptors (Lipinski definition) is 3. The Morgan fingerprint density at radius 2 is 0.310 bits per heavy atom. The molecule has 0 aliphatic carbocycles. The minimum atomic E-state index is 1.10. The lowest BCUT2D eigenvalue weighted by molar-refractivity contribution is 1.16. The summed E-state index contributed by atoms with van der Waals surface area (Å²) in [5, 5.41) is 17.7. The maximum Gasteiger partial charge on any atom is 0.0562 e. The molecule has 0 atom stereocenters. The molecule has 0 N–H and O–H groups in total. The Labute approximate surface area is 838 Å². The standard InChI is InChI=1S/C48H33N3.C46H31N3.C42H29N3/c1-4-14-34(15-5-1)35-24-26-38(27-25-35)49(36-16-6-2-7-17-36)39-28-30-40(31-29-39)51-46-23-13-11-21-42(46)44-32-43-41-20-10-12-22-45(41)50(47(43)33-48(44)51)37-18-8-3-9-19-37;1-4-15-33(16-5-1)47(34-17-6-2-7-18-34)36-25-27-37(28-26-36)48-42-23-13-12-22-39(42)40-30-41-45(31-44(40)48)49(35-19-8-3-9-20-35)43-29-24-32-14-10-11-21-38(32)46(41)43;1-4-14-30(15-5-1)43(31-16-6-2-7-17-31)33-24-26-34(27-25-33)45-40-23-13-11-21-36(40)38-28-37-35-20-10-12-22-39(35)44(41(37)29-42(38)45)32-18-8-3-9-19-32/h1-33H;1-31H;1-29H. The molecule has 0 unspecified atom stereocenters. The first-order chi connectivity index (χ1) is 72.0. The van der Waals surface area contributed by atoms with E-state index in [0.29, 0.717) is 0 Å². The Bertz CT molecular complexity index is 9800. The molecule has 9 nitrogen and oxygen atoms in total. The van der Waals surface area contributed by atoms with Gasteiger partial charge in [-0.05, 0) is 277 Å². The van der Waals surface area contributed by atoms with Crippen LogP contribution < -0.4 is 14.7 Å². The van der Waals surface area contributed by atoms with Gasteiger partial charge >= 0.3 is 0 Å². The van der Waals surface area contributed by atoms with Crippen molar-refractivity contribution in [3.8, 4) is 45.3 Å². The van der Waals surface area contributed by atoms with Crippen LogP contribution in [-0.2, 0) is 0 Å². The number of para-hydroxylation sites is 13. The number of rotatable bonds is 16. The molecule has 0 saturated carbocycles. The summed E-state index contributed by atoms with van der Waals surface area (Å²) in [4.78, 5) is 6.94.